The summed E-state index contributed by atoms with van der Waals surface area (Å²) in [6.45, 7) is 3.82. The molecule has 62 valence electrons. The van der Waals surface area contributed by atoms with Gasteiger partial charge in [0.2, 0.25) is 11.0 Å². The van der Waals surface area contributed by atoms with Gasteiger partial charge in [0, 0.05) is 10.7 Å². The topological polar surface area (TPSA) is 53.0 Å². The number of benzene rings is 1. The van der Waals surface area contributed by atoms with Crippen LogP contribution in [0.5, 0.6) is 0 Å². The van der Waals surface area contributed by atoms with Crippen LogP contribution in [0.2, 0.25) is 0 Å². The van der Waals surface area contributed by atoms with Crippen molar-refractivity contribution >= 4 is 11.0 Å². The standard InChI is InChI=1S/C8H8N2O2/c1-5-3-4-7-8(6(5)2)10(11)12-9-7/h3-4H,1-2H3. The predicted molar refractivity (Wildman–Crippen MR) is 42.4 cm³/mol. The lowest BCUT2D eigenvalue weighted by Crippen LogP contribution is -2.23. The van der Waals surface area contributed by atoms with Crippen LogP contribution in [0.15, 0.2) is 16.8 Å². The Balaban J connectivity index is 2.96. The number of rotatable bonds is 0. The number of nitrogens with zero attached hydrogens (tertiary/aromatic N) is 2. The summed E-state index contributed by atoms with van der Waals surface area (Å²) in [4.78, 5) is 0.442. The van der Waals surface area contributed by atoms with Crippen LogP contribution in [0.1, 0.15) is 11.1 Å². The fourth-order valence-corrected chi connectivity index (χ4v) is 1.21. The van der Waals surface area contributed by atoms with E-state index in [1.165, 1.54) is 0 Å². The zero-order valence-corrected chi connectivity index (χ0v) is 6.87. The van der Waals surface area contributed by atoms with E-state index in [9.17, 15) is 5.21 Å². The maximum absolute atomic E-state index is 11.0. The summed E-state index contributed by atoms with van der Waals surface area (Å²) in [5.74, 6) is 0. The van der Waals surface area contributed by atoms with Crippen LogP contribution in [-0.4, -0.2) is 5.16 Å². The molecular weight excluding hydrogens is 156 g/mol. The fraction of sp³-hybridized carbons (Fsp3) is 0.250. The highest BCUT2D eigenvalue weighted by atomic mass is 16.8. The number of aromatic nitrogens is 2. The Morgan fingerprint density at radius 2 is 2.17 bits per heavy atom. The van der Waals surface area contributed by atoms with Crippen molar-refractivity contribution in [3.63, 3.8) is 0 Å². The summed E-state index contributed by atoms with van der Waals surface area (Å²) in [5.41, 5.74) is 3.11. The van der Waals surface area contributed by atoms with E-state index in [0.29, 0.717) is 15.9 Å². The summed E-state index contributed by atoms with van der Waals surface area (Å²) < 4.78 is 4.46. The summed E-state index contributed by atoms with van der Waals surface area (Å²) in [5, 5.41) is 14.6. The molecule has 0 aliphatic rings. The second-order valence-corrected chi connectivity index (χ2v) is 2.81. The van der Waals surface area contributed by atoms with Gasteiger partial charge in [0.05, 0.1) is 0 Å². The Labute approximate surface area is 68.9 Å². The first kappa shape index (κ1) is 7.09. The molecule has 0 fully saturated rings. The largest absolute Gasteiger partial charge is 0.359 e. The van der Waals surface area contributed by atoms with Crippen molar-refractivity contribution < 1.29 is 9.53 Å². The van der Waals surface area contributed by atoms with Gasteiger partial charge in [0.15, 0.2) is 0 Å². The van der Waals surface area contributed by atoms with Gasteiger partial charge in [-0.1, -0.05) is 6.07 Å². The molecule has 0 atom stereocenters. The third-order valence-corrected chi connectivity index (χ3v) is 2.08. The van der Waals surface area contributed by atoms with Crippen LogP contribution in [-0.2, 0) is 0 Å². The Morgan fingerprint density at radius 3 is 2.92 bits per heavy atom. The molecule has 0 saturated carbocycles. The Morgan fingerprint density at radius 1 is 1.42 bits per heavy atom. The molecule has 0 bridgehead atoms. The monoisotopic (exact) mass is 164 g/mol. The van der Waals surface area contributed by atoms with Crippen LogP contribution >= 0.6 is 0 Å². The maximum Gasteiger partial charge on any atom is 0.248 e. The average molecular weight is 164 g/mol. The normalized spacial score (nSPS) is 10.8. The first-order valence-corrected chi connectivity index (χ1v) is 3.66. The molecule has 0 aliphatic carbocycles. The minimum absolute atomic E-state index is 0.442. The van der Waals surface area contributed by atoms with Crippen molar-refractivity contribution in [1.29, 1.82) is 0 Å². The minimum Gasteiger partial charge on any atom is -0.359 e. The predicted octanol–water partition coefficient (Wildman–Crippen LogP) is 1.08. The lowest BCUT2D eigenvalue weighted by Gasteiger charge is -1.96. The molecule has 0 spiro atoms. The second kappa shape index (κ2) is 2.20. The Hall–Kier alpha value is -1.58. The molecule has 0 aliphatic heterocycles. The van der Waals surface area contributed by atoms with Gasteiger partial charge in [0.1, 0.15) is 0 Å². The molecule has 4 heteroatoms. The highest BCUT2D eigenvalue weighted by molar-refractivity contribution is 5.75. The molecule has 0 amide bonds. The zero-order chi connectivity index (χ0) is 8.72. The van der Waals surface area contributed by atoms with Gasteiger partial charge in [-0.15, -0.1) is 0 Å². The van der Waals surface area contributed by atoms with E-state index in [4.69, 9.17) is 0 Å². The van der Waals surface area contributed by atoms with Crippen LogP contribution < -0.4 is 4.90 Å². The van der Waals surface area contributed by atoms with Gasteiger partial charge in [-0.25, -0.2) is 0 Å². The molecule has 2 aromatic rings. The van der Waals surface area contributed by atoms with Crippen LogP contribution in [0.4, 0.5) is 0 Å². The molecule has 0 saturated heterocycles. The minimum atomic E-state index is 0.442. The molecule has 0 N–H and O–H groups in total. The van der Waals surface area contributed by atoms with Crippen molar-refractivity contribution in [2.45, 2.75) is 13.8 Å². The van der Waals surface area contributed by atoms with E-state index in [2.05, 4.69) is 9.79 Å². The maximum atomic E-state index is 11.0. The molecular formula is C8H8N2O2. The Kier molecular flexibility index (Phi) is 1.30. The quantitative estimate of drug-likeness (QED) is 0.547. The first-order chi connectivity index (χ1) is 5.70. The van der Waals surface area contributed by atoms with Crippen molar-refractivity contribution in [3.05, 3.63) is 28.5 Å². The third kappa shape index (κ3) is 0.777. The van der Waals surface area contributed by atoms with Crippen molar-refractivity contribution in [2.75, 3.05) is 0 Å². The Bertz CT molecular complexity index is 434. The molecule has 1 aromatic carbocycles. The molecule has 2 rings (SSSR count). The molecule has 4 nitrogen and oxygen atoms in total. The van der Waals surface area contributed by atoms with Crippen LogP contribution in [0.3, 0.4) is 0 Å². The van der Waals surface area contributed by atoms with E-state index >= 15 is 0 Å². The average Bonchev–Trinajstić information content (AvgIpc) is 2.41. The van der Waals surface area contributed by atoms with Gasteiger partial charge in [-0.3, -0.25) is 4.63 Å². The molecule has 1 heterocycles. The van der Waals surface area contributed by atoms with E-state index in [1.54, 1.807) is 6.07 Å². The summed E-state index contributed by atoms with van der Waals surface area (Å²) in [7, 11) is 0. The van der Waals surface area contributed by atoms with E-state index < -0.39 is 0 Å². The number of fused-ring (bicyclic) bond motifs is 1. The smallest absolute Gasteiger partial charge is 0.248 e. The lowest BCUT2D eigenvalue weighted by molar-refractivity contribution is -0.782. The summed E-state index contributed by atoms with van der Waals surface area (Å²) in [6, 6.07) is 3.69. The van der Waals surface area contributed by atoms with E-state index in [1.807, 2.05) is 19.9 Å². The van der Waals surface area contributed by atoms with Gasteiger partial charge in [-0.2, -0.15) is 0 Å². The first-order valence-electron chi connectivity index (χ1n) is 3.66. The van der Waals surface area contributed by atoms with Gasteiger partial charge in [-0.05, 0) is 30.4 Å². The summed E-state index contributed by atoms with van der Waals surface area (Å²) in [6.07, 6.45) is 0. The van der Waals surface area contributed by atoms with E-state index in [-0.39, 0.29) is 0 Å². The zero-order valence-electron chi connectivity index (χ0n) is 6.87. The molecule has 0 radical (unpaired) electrons. The third-order valence-electron chi connectivity index (χ3n) is 2.08. The lowest BCUT2D eigenvalue weighted by atomic mass is 10.1. The molecule has 12 heavy (non-hydrogen) atoms. The molecule has 0 unspecified atom stereocenters. The van der Waals surface area contributed by atoms with Crippen molar-refractivity contribution in [1.82, 2.24) is 5.16 Å². The highest BCUT2D eigenvalue weighted by Gasteiger charge is 2.12. The second-order valence-electron chi connectivity index (χ2n) is 2.81. The van der Waals surface area contributed by atoms with Gasteiger partial charge < -0.3 is 5.21 Å². The number of aryl methyl sites for hydroxylation is 2. The SMILES string of the molecule is Cc1ccc2no[n+]([O-])c2c1C. The number of hydrogen-bond donors (Lipinski definition) is 0. The van der Waals surface area contributed by atoms with Crippen LogP contribution in [0.25, 0.3) is 11.0 Å². The number of hydrogen-bond acceptors (Lipinski definition) is 3. The van der Waals surface area contributed by atoms with Crippen molar-refractivity contribution in [2.24, 2.45) is 0 Å². The molecule has 1 aromatic heterocycles. The highest BCUT2D eigenvalue weighted by Crippen LogP contribution is 2.15. The summed E-state index contributed by atoms with van der Waals surface area (Å²) >= 11 is 0. The van der Waals surface area contributed by atoms with Gasteiger partial charge >= 0.3 is 0 Å². The fourth-order valence-electron chi connectivity index (χ4n) is 1.21. The van der Waals surface area contributed by atoms with E-state index in [0.717, 1.165) is 11.1 Å². The van der Waals surface area contributed by atoms with Gasteiger partial charge in [0.25, 0.3) is 0 Å². The van der Waals surface area contributed by atoms with Crippen molar-refractivity contribution in [3.8, 4) is 0 Å². The van der Waals surface area contributed by atoms with Crippen LogP contribution in [0, 0.1) is 19.1 Å².